The molecule has 18 heavy (non-hydrogen) atoms. The van der Waals surface area contributed by atoms with Crippen molar-refractivity contribution in [3.05, 3.63) is 35.1 Å². The molecule has 0 spiro atoms. The van der Waals surface area contributed by atoms with Crippen molar-refractivity contribution in [3.63, 3.8) is 0 Å². The molecule has 1 aromatic rings. The summed E-state index contributed by atoms with van der Waals surface area (Å²) in [6.45, 7) is 0.0114. The van der Waals surface area contributed by atoms with E-state index in [4.69, 9.17) is 5.11 Å². The van der Waals surface area contributed by atoms with Gasteiger partial charge in [0.25, 0.3) is 0 Å². The fraction of sp³-hybridized carbons (Fsp3) is 0.364. The van der Waals surface area contributed by atoms with Gasteiger partial charge in [0.15, 0.2) is 0 Å². The molecule has 1 rings (SSSR count). The molecule has 7 heteroatoms. The van der Waals surface area contributed by atoms with Gasteiger partial charge in [-0.3, -0.25) is 10.1 Å². The Kier molecular flexibility index (Phi) is 4.28. The average Bonchev–Trinajstić information content (AvgIpc) is 2.21. The van der Waals surface area contributed by atoms with Crippen LogP contribution in [0.5, 0.6) is 0 Å². The number of benzene rings is 1. The van der Waals surface area contributed by atoms with Gasteiger partial charge in [0.1, 0.15) is 11.9 Å². The molecule has 0 aliphatic carbocycles. The number of aliphatic carboxylic acids is 1. The summed E-state index contributed by atoms with van der Waals surface area (Å²) in [6.07, 6.45) is -4.53. The number of aryl methyl sites for hydroxylation is 1. The number of carbonyl (C=O) groups is 1. The molecule has 0 radical (unpaired) electrons. The molecule has 0 aliphatic heterocycles. The summed E-state index contributed by atoms with van der Waals surface area (Å²) in [6, 6.07) is 1.91. The second kappa shape index (κ2) is 5.34. The summed E-state index contributed by atoms with van der Waals surface area (Å²) in [5.41, 5.74) is 0.230. The van der Waals surface area contributed by atoms with Crippen LogP contribution < -0.4 is 5.32 Å². The fourth-order valence-electron chi connectivity index (χ4n) is 1.35. The second-order valence-corrected chi connectivity index (χ2v) is 3.78. The van der Waals surface area contributed by atoms with Crippen molar-refractivity contribution in [2.45, 2.75) is 19.1 Å². The average molecular weight is 265 g/mol. The summed E-state index contributed by atoms with van der Waals surface area (Å²) < 4.78 is 49.3. The summed E-state index contributed by atoms with van der Waals surface area (Å²) in [5.74, 6) is -2.16. The summed E-state index contributed by atoms with van der Waals surface area (Å²) >= 11 is 0. The Balaban J connectivity index is 2.91. The Bertz CT molecular complexity index is 445. The van der Waals surface area contributed by atoms with Crippen molar-refractivity contribution >= 4 is 5.97 Å². The van der Waals surface area contributed by atoms with Gasteiger partial charge in [0.2, 0.25) is 0 Å². The fourth-order valence-corrected chi connectivity index (χ4v) is 1.35. The second-order valence-electron chi connectivity index (χ2n) is 3.78. The van der Waals surface area contributed by atoms with Gasteiger partial charge in [0, 0.05) is 0 Å². The minimum atomic E-state index is -4.53. The number of nitrogens with one attached hydrogen (secondary N) is 1. The van der Waals surface area contributed by atoms with Crippen LogP contribution in [0.1, 0.15) is 17.2 Å². The van der Waals surface area contributed by atoms with Gasteiger partial charge in [-0.2, -0.15) is 13.2 Å². The topological polar surface area (TPSA) is 49.3 Å². The molecule has 100 valence electrons. The number of hydrogen-bond acceptors (Lipinski definition) is 2. The minimum absolute atomic E-state index is 0.0603. The van der Waals surface area contributed by atoms with Crippen molar-refractivity contribution in [2.24, 2.45) is 0 Å². The highest BCUT2D eigenvalue weighted by molar-refractivity contribution is 5.75. The van der Waals surface area contributed by atoms with E-state index in [1.165, 1.54) is 19.1 Å². The molecule has 0 saturated heterocycles. The van der Waals surface area contributed by atoms with Gasteiger partial charge in [0.05, 0.1) is 6.54 Å². The van der Waals surface area contributed by atoms with Crippen molar-refractivity contribution < 1.29 is 27.5 Å². The van der Waals surface area contributed by atoms with Gasteiger partial charge in [-0.15, -0.1) is 0 Å². The highest BCUT2D eigenvalue weighted by Gasteiger charge is 2.30. The molecule has 0 saturated carbocycles. The summed E-state index contributed by atoms with van der Waals surface area (Å²) in [4.78, 5) is 10.9. The Labute approximate surface area is 100 Å². The van der Waals surface area contributed by atoms with Crippen LogP contribution in [-0.2, 0) is 4.79 Å². The van der Waals surface area contributed by atoms with Gasteiger partial charge >= 0.3 is 12.1 Å². The molecule has 0 fully saturated rings. The number of halogens is 4. The van der Waals surface area contributed by atoms with Gasteiger partial charge in [-0.1, -0.05) is 12.1 Å². The standard InChI is InChI=1S/C11H11F4NO2/c1-6-2-3-7(4-8(6)12)9(10(17)18)16-5-11(13,14)15/h2-4,9,16H,5H2,1H3,(H,17,18). The van der Waals surface area contributed by atoms with E-state index in [-0.39, 0.29) is 5.56 Å². The first kappa shape index (κ1) is 14.4. The molecular formula is C11H11F4NO2. The third-order valence-electron chi connectivity index (χ3n) is 2.28. The molecule has 0 heterocycles. The lowest BCUT2D eigenvalue weighted by atomic mass is 10.0. The maximum atomic E-state index is 13.2. The van der Waals surface area contributed by atoms with Crippen molar-refractivity contribution in [3.8, 4) is 0 Å². The van der Waals surface area contributed by atoms with Crippen LogP contribution in [0.3, 0.4) is 0 Å². The van der Waals surface area contributed by atoms with Crippen LogP contribution in [0.4, 0.5) is 17.6 Å². The first-order chi connectivity index (χ1) is 8.20. The van der Waals surface area contributed by atoms with E-state index in [1.807, 2.05) is 5.32 Å². The predicted molar refractivity (Wildman–Crippen MR) is 55.6 cm³/mol. The molecule has 0 bridgehead atoms. The van der Waals surface area contributed by atoms with E-state index in [0.29, 0.717) is 5.56 Å². The zero-order chi connectivity index (χ0) is 13.9. The maximum Gasteiger partial charge on any atom is 0.401 e. The number of carboxylic acids is 1. The third-order valence-corrected chi connectivity index (χ3v) is 2.28. The summed E-state index contributed by atoms with van der Waals surface area (Å²) in [7, 11) is 0. The Morgan fingerprint density at radius 1 is 1.44 bits per heavy atom. The van der Waals surface area contributed by atoms with E-state index < -0.39 is 30.5 Å². The van der Waals surface area contributed by atoms with Crippen LogP contribution in [0.2, 0.25) is 0 Å². The molecule has 1 aromatic carbocycles. The van der Waals surface area contributed by atoms with E-state index in [2.05, 4.69) is 0 Å². The molecule has 0 amide bonds. The van der Waals surface area contributed by atoms with Crippen molar-refractivity contribution in [2.75, 3.05) is 6.54 Å². The van der Waals surface area contributed by atoms with Crippen LogP contribution >= 0.6 is 0 Å². The van der Waals surface area contributed by atoms with E-state index >= 15 is 0 Å². The van der Waals surface area contributed by atoms with Gasteiger partial charge in [-0.25, -0.2) is 4.39 Å². The van der Waals surface area contributed by atoms with Crippen molar-refractivity contribution in [1.29, 1.82) is 0 Å². The molecule has 1 atom stereocenters. The highest BCUT2D eigenvalue weighted by Crippen LogP contribution is 2.19. The predicted octanol–water partition coefficient (Wildman–Crippen LogP) is 2.41. The van der Waals surface area contributed by atoms with E-state index in [1.54, 1.807) is 0 Å². The van der Waals surface area contributed by atoms with Crippen LogP contribution in [0.15, 0.2) is 18.2 Å². The quantitative estimate of drug-likeness (QED) is 0.822. The molecule has 1 unspecified atom stereocenters. The molecule has 0 aliphatic rings. The lowest BCUT2D eigenvalue weighted by molar-refractivity contribution is -0.143. The smallest absolute Gasteiger partial charge is 0.401 e. The molecule has 2 N–H and O–H groups in total. The first-order valence-electron chi connectivity index (χ1n) is 4.99. The summed E-state index contributed by atoms with van der Waals surface area (Å²) in [5, 5.41) is 10.7. The lowest BCUT2D eigenvalue weighted by Gasteiger charge is -2.16. The molecular weight excluding hydrogens is 254 g/mol. The van der Waals surface area contributed by atoms with Crippen LogP contribution in [0, 0.1) is 12.7 Å². The first-order valence-corrected chi connectivity index (χ1v) is 4.99. The maximum absolute atomic E-state index is 13.2. The molecule has 3 nitrogen and oxygen atoms in total. The van der Waals surface area contributed by atoms with Gasteiger partial charge in [-0.05, 0) is 24.1 Å². The Hall–Kier alpha value is -1.63. The number of carboxylic acid groups (broad SMARTS) is 1. The monoisotopic (exact) mass is 265 g/mol. The van der Waals surface area contributed by atoms with E-state index in [0.717, 1.165) is 6.07 Å². The number of alkyl halides is 3. The molecule has 0 aromatic heterocycles. The SMILES string of the molecule is Cc1ccc(C(NCC(F)(F)F)C(=O)O)cc1F. The minimum Gasteiger partial charge on any atom is -0.480 e. The Morgan fingerprint density at radius 2 is 2.06 bits per heavy atom. The van der Waals surface area contributed by atoms with Crippen LogP contribution in [0.25, 0.3) is 0 Å². The van der Waals surface area contributed by atoms with E-state index in [9.17, 15) is 22.4 Å². The highest BCUT2D eigenvalue weighted by atomic mass is 19.4. The normalized spacial score (nSPS) is 13.4. The third kappa shape index (κ3) is 3.99. The van der Waals surface area contributed by atoms with Gasteiger partial charge < -0.3 is 5.11 Å². The lowest BCUT2D eigenvalue weighted by Crippen LogP contribution is -2.36. The zero-order valence-electron chi connectivity index (χ0n) is 9.38. The number of rotatable bonds is 4. The van der Waals surface area contributed by atoms with Crippen LogP contribution in [-0.4, -0.2) is 23.8 Å². The Morgan fingerprint density at radius 3 is 2.50 bits per heavy atom. The van der Waals surface area contributed by atoms with Crippen molar-refractivity contribution in [1.82, 2.24) is 5.32 Å². The largest absolute Gasteiger partial charge is 0.480 e. The zero-order valence-corrected chi connectivity index (χ0v) is 9.38. The number of hydrogen-bond donors (Lipinski definition) is 2.